The number of amides is 2. The summed E-state index contributed by atoms with van der Waals surface area (Å²) in [4.78, 5) is 32.3. The van der Waals surface area contributed by atoms with E-state index in [2.05, 4.69) is 34.5 Å². The molecule has 2 unspecified atom stereocenters. The van der Waals surface area contributed by atoms with Crippen LogP contribution in [-0.2, 0) is 16.1 Å². The molecule has 6 heteroatoms. The van der Waals surface area contributed by atoms with Gasteiger partial charge in [0.1, 0.15) is 11.8 Å². The van der Waals surface area contributed by atoms with Gasteiger partial charge in [-0.2, -0.15) is 0 Å². The van der Waals surface area contributed by atoms with Crippen molar-refractivity contribution in [2.24, 2.45) is 5.92 Å². The molecule has 0 spiro atoms. The fourth-order valence-electron chi connectivity index (χ4n) is 5.43. The highest BCUT2D eigenvalue weighted by molar-refractivity contribution is 5.99. The molecule has 3 aromatic rings. The number of nitrogens with one attached hydrogen (secondary N) is 1. The van der Waals surface area contributed by atoms with Crippen molar-refractivity contribution in [2.75, 3.05) is 18.4 Å². The van der Waals surface area contributed by atoms with Gasteiger partial charge in [-0.05, 0) is 42.5 Å². The van der Waals surface area contributed by atoms with E-state index >= 15 is 0 Å². The third kappa shape index (κ3) is 5.54. The third-order valence-electron chi connectivity index (χ3n) is 7.34. The minimum Gasteiger partial charge on any atom is -0.480 e. The number of ether oxygens (including phenoxy) is 1. The second kappa shape index (κ2) is 11.2. The maximum Gasteiger partial charge on any atom is 0.265 e. The van der Waals surface area contributed by atoms with Crippen molar-refractivity contribution in [1.29, 1.82) is 0 Å². The average Bonchev–Trinajstić information content (AvgIpc) is 3.05. The number of fused-ring (bicyclic) bond motifs is 1. The van der Waals surface area contributed by atoms with Crippen LogP contribution in [0.15, 0.2) is 84.9 Å². The van der Waals surface area contributed by atoms with E-state index in [0.717, 1.165) is 38.0 Å². The van der Waals surface area contributed by atoms with Crippen LogP contribution < -0.4 is 10.1 Å². The molecule has 6 nitrogen and oxygen atoms in total. The lowest BCUT2D eigenvalue weighted by molar-refractivity contribution is -0.149. The summed E-state index contributed by atoms with van der Waals surface area (Å²) < 4.78 is 6.30. The minimum absolute atomic E-state index is 0.0304. The molecule has 3 aromatic carbocycles. The zero-order chi connectivity index (χ0) is 25.8. The lowest BCUT2D eigenvalue weighted by atomic mass is 9.95. The molecule has 37 heavy (non-hydrogen) atoms. The number of nitrogens with zero attached hydrogens (tertiary/aromatic N) is 2. The first kappa shape index (κ1) is 25.0. The first-order chi connectivity index (χ1) is 18.0. The van der Waals surface area contributed by atoms with E-state index in [0.29, 0.717) is 11.4 Å². The van der Waals surface area contributed by atoms with Crippen LogP contribution in [0.1, 0.15) is 43.9 Å². The highest BCUT2D eigenvalue weighted by atomic mass is 16.5. The van der Waals surface area contributed by atoms with E-state index in [9.17, 15) is 9.59 Å². The lowest BCUT2D eigenvalue weighted by Crippen LogP contribution is -2.54. The molecule has 1 saturated heterocycles. The molecule has 192 valence electrons. The van der Waals surface area contributed by atoms with E-state index < -0.39 is 12.1 Å². The van der Waals surface area contributed by atoms with Crippen LogP contribution in [0.25, 0.3) is 0 Å². The molecule has 0 aliphatic carbocycles. The first-order valence-electron chi connectivity index (χ1n) is 13.2. The number of hydrogen-bond acceptors (Lipinski definition) is 4. The summed E-state index contributed by atoms with van der Waals surface area (Å²) in [6.07, 6.45) is 0.972. The van der Waals surface area contributed by atoms with E-state index in [1.165, 1.54) is 5.56 Å². The van der Waals surface area contributed by atoms with Gasteiger partial charge in [-0.1, -0.05) is 80.6 Å². The fourth-order valence-corrected chi connectivity index (χ4v) is 5.43. The molecule has 0 bridgehead atoms. The van der Waals surface area contributed by atoms with Crippen molar-refractivity contribution >= 4 is 17.5 Å². The zero-order valence-electron chi connectivity index (χ0n) is 21.5. The van der Waals surface area contributed by atoms with Crippen LogP contribution in [0, 0.1) is 5.92 Å². The van der Waals surface area contributed by atoms with Crippen LogP contribution in [0.4, 0.5) is 5.69 Å². The van der Waals surface area contributed by atoms with E-state index in [1.54, 1.807) is 0 Å². The predicted molar refractivity (Wildman–Crippen MR) is 145 cm³/mol. The van der Waals surface area contributed by atoms with Crippen molar-refractivity contribution in [2.45, 2.75) is 51.4 Å². The van der Waals surface area contributed by atoms with Gasteiger partial charge in [0.2, 0.25) is 0 Å². The molecular formula is C31H35N3O3. The van der Waals surface area contributed by atoms with E-state index in [4.69, 9.17) is 4.74 Å². The molecular weight excluding hydrogens is 462 g/mol. The van der Waals surface area contributed by atoms with Crippen LogP contribution >= 0.6 is 0 Å². The standard InChI is InChI=1S/C31H35N3O3/c1-22(2)29-31(36)34(25-17-19-33(20-18-25)21-23-11-5-3-6-12-23)28(26-15-9-10-16-27(26)37-29)30(35)32-24-13-7-4-8-14-24/h3-16,22,25,28-29H,17-21H2,1-2H3,(H,32,35). The number of carbonyl (C=O) groups is 2. The Morgan fingerprint density at radius 3 is 2.22 bits per heavy atom. The van der Waals surface area contributed by atoms with Gasteiger partial charge in [-0.15, -0.1) is 0 Å². The summed E-state index contributed by atoms with van der Waals surface area (Å²) in [6, 6.07) is 26.6. The van der Waals surface area contributed by atoms with Crippen LogP contribution in [0.2, 0.25) is 0 Å². The highest BCUT2D eigenvalue weighted by Gasteiger charge is 2.45. The molecule has 2 heterocycles. The molecule has 5 rings (SSSR count). The Morgan fingerprint density at radius 2 is 1.54 bits per heavy atom. The molecule has 0 saturated carbocycles. The van der Waals surface area contributed by atoms with Gasteiger partial charge in [0.05, 0.1) is 0 Å². The number of piperidine rings is 1. The van der Waals surface area contributed by atoms with Gasteiger partial charge in [0.15, 0.2) is 6.10 Å². The summed E-state index contributed by atoms with van der Waals surface area (Å²) in [5.41, 5.74) is 2.73. The van der Waals surface area contributed by atoms with Crippen molar-refractivity contribution in [1.82, 2.24) is 9.80 Å². The van der Waals surface area contributed by atoms with Gasteiger partial charge < -0.3 is 15.0 Å². The van der Waals surface area contributed by atoms with Crippen molar-refractivity contribution in [3.8, 4) is 5.75 Å². The van der Waals surface area contributed by atoms with E-state index in [-0.39, 0.29) is 23.8 Å². The Bertz CT molecular complexity index is 1210. The van der Waals surface area contributed by atoms with Gasteiger partial charge >= 0.3 is 0 Å². The lowest BCUT2D eigenvalue weighted by Gasteiger charge is -2.42. The maximum absolute atomic E-state index is 14.1. The highest BCUT2D eigenvalue weighted by Crippen LogP contribution is 2.39. The van der Waals surface area contributed by atoms with Crippen molar-refractivity contribution in [3.05, 3.63) is 96.1 Å². The summed E-state index contributed by atoms with van der Waals surface area (Å²) in [7, 11) is 0. The number of likely N-dealkylation sites (tertiary alicyclic amines) is 1. The van der Waals surface area contributed by atoms with Crippen molar-refractivity contribution in [3.63, 3.8) is 0 Å². The average molecular weight is 498 g/mol. The summed E-state index contributed by atoms with van der Waals surface area (Å²) in [6.45, 7) is 6.61. The van der Waals surface area contributed by atoms with Gasteiger partial charge in [-0.25, -0.2) is 0 Å². The topological polar surface area (TPSA) is 61.9 Å². The Labute approximate surface area is 219 Å². The van der Waals surface area contributed by atoms with Crippen LogP contribution in [0.3, 0.4) is 0 Å². The summed E-state index contributed by atoms with van der Waals surface area (Å²) >= 11 is 0. The Kier molecular flexibility index (Phi) is 7.56. The smallest absolute Gasteiger partial charge is 0.265 e. The molecule has 0 aromatic heterocycles. The predicted octanol–water partition coefficient (Wildman–Crippen LogP) is 5.28. The second-order valence-electron chi connectivity index (χ2n) is 10.3. The van der Waals surface area contributed by atoms with E-state index in [1.807, 2.05) is 79.4 Å². The first-order valence-corrected chi connectivity index (χ1v) is 13.2. The second-order valence-corrected chi connectivity index (χ2v) is 10.3. The molecule has 0 radical (unpaired) electrons. The van der Waals surface area contributed by atoms with Gasteiger partial charge in [0.25, 0.3) is 11.8 Å². The van der Waals surface area contributed by atoms with Crippen molar-refractivity contribution < 1.29 is 14.3 Å². The molecule has 2 atom stereocenters. The number of anilines is 1. The third-order valence-corrected chi connectivity index (χ3v) is 7.34. The quantitative estimate of drug-likeness (QED) is 0.504. The van der Waals surface area contributed by atoms with Gasteiger partial charge in [-0.3, -0.25) is 14.5 Å². The molecule has 2 amide bonds. The largest absolute Gasteiger partial charge is 0.480 e. The number of benzene rings is 3. The fraction of sp³-hybridized carbons (Fsp3) is 0.355. The normalized spacial score (nSPS) is 20.7. The van der Waals surface area contributed by atoms with Crippen LogP contribution in [0.5, 0.6) is 5.75 Å². The van der Waals surface area contributed by atoms with Crippen LogP contribution in [-0.4, -0.2) is 46.8 Å². The number of para-hydroxylation sites is 2. The maximum atomic E-state index is 14.1. The van der Waals surface area contributed by atoms with Gasteiger partial charge in [0, 0.05) is 36.9 Å². The number of hydrogen-bond donors (Lipinski definition) is 1. The molecule has 2 aliphatic heterocycles. The molecule has 1 fully saturated rings. The Hall–Kier alpha value is -3.64. The molecule has 2 aliphatic rings. The Morgan fingerprint density at radius 1 is 0.919 bits per heavy atom. The zero-order valence-corrected chi connectivity index (χ0v) is 21.5. The number of rotatable bonds is 6. The molecule has 1 N–H and O–H groups in total. The Balaban J connectivity index is 1.45. The minimum atomic E-state index is -0.765. The number of carbonyl (C=O) groups excluding carboxylic acids is 2. The summed E-state index contributed by atoms with van der Waals surface area (Å²) in [5.74, 6) is 0.247. The summed E-state index contributed by atoms with van der Waals surface area (Å²) in [5, 5.41) is 3.06. The monoisotopic (exact) mass is 497 g/mol. The SMILES string of the molecule is CC(C)C1Oc2ccccc2C(C(=O)Nc2ccccc2)N(C2CCN(Cc3ccccc3)CC2)C1=O.